The van der Waals surface area contributed by atoms with Gasteiger partial charge in [-0.15, -0.1) is 0 Å². The minimum Gasteiger partial charge on any atom is -0.480 e. The molecule has 2 aliphatic rings. The van der Waals surface area contributed by atoms with Crippen LogP contribution < -0.4 is 0 Å². The number of hydrogen-bond donors (Lipinski definition) is 1. The molecule has 0 spiro atoms. The Kier molecular flexibility index (Phi) is 2.15. The second-order valence-electron chi connectivity index (χ2n) is 5.25. The molecule has 2 aliphatic carbocycles. The number of rotatable bonds is 3. The van der Waals surface area contributed by atoms with Crippen molar-refractivity contribution in [3.8, 4) is 0 Å². The number of alkyl halides is 4. The van der Waals surface area contributed by atoms with Gasteiger partial charge in [-0.3, -0.25) is 9.48 Å². The van der Waals surface area contributed by atoms with Gasteiger partial charge in [0.15, 0.2) is 0 Å². The average Bonchev–Trinajstić information content (AvgIpc) is 2.75. The Morgan fingerprint density at radius 3 is 2.74 bits per heavy atom. The lowest BCUT2D eigenvalue weighted by Crippen LogP contribution is -2.27. The van der Waals surface area contributed by atoms with E-state index in [0.717, 1.165) is 0 Å². The van der Waals surface area contributed by atoms with Crippen LogP contribution in [0.4, 0.5) is 17.6 Å². The molecule has 2 atom stereocenters. The van der Waals surface area contributed by atoms with Gasteiger partial charge in [0.1, 0.15) is 17.9 Å². The summed E-state index contributed by atoms with van der Waals surface area (Å²) in [5.41, 5.74) is -2.88. The molecule has 3 rings (SSSR count). The van der Waals surface area contributed by atoms with E-state index in [1.54, 1.807) is 0 Å². The minimum absolute atomic E-state index is 0.130. The van der Waals surface area contributed by atoms with E-state index in [0.29, 0.717) is 4.68 Å². The molecule has 0 amide bonds. The Bertz CT molecular complexity index is 583. The predicted molar refractivity (Wildman–Crippen MR) is 54.2 cm³/mol. The zero-order chi connectivity index (χ0) is 14.2. The number of nitrogens with zero attached hydrogens (tertiary/aromatic N) is 2. The van der Waals surface area contributed by atoms with Gasteiger partial charge in [0.2, 0.25) is 0 Å². The molecule has 104 valence electrons. The van der Waals surface area contributed by atoms with Gasteiger partial charge < -0.3 is 5.11 Å². The molecule has 0 saturated heterocycles. The van der Waals surface area contributed by atoms with Crippen molar-refractivity contribution >= 4 is 5.97 Å². The summed E-state index contributed by atoms with van der Waals surface area (Å²) in [5.74, 6) is -5.36. The molecule has 1 heterocycles. The van der Waals surface area contributed by atoms with Crippen molar-refractivity contribution in [1.82, 2.24) is 9.78 Å². The lowest BCUT2D eigenvalue weighted by molar-refractivity contribution is -0.138. The summed E-state index contributed by atoms with van der Waals surface area (Å²) in [6.45, 7) is 0.492. The zero-order valence-corrected chi connectivity index (χ0v) is 9.83. The van der Waals surface area contributed by atoms with Crippen LogP contribution in [0.15, 0.2) is 0 Å². The van der Waals surface area contributed by atoms with Gasteiger partial charge in [0, 0.05) is 16.9 Å². The van der Waals surface area contributed by atoms with Crippen LogP contribution in [0, 0.1) is 5.41 Å². The van der Waals surface area contributed by atoms with Crippen LogP contribution in [0.1, 0.15) is 42.6 Å². The van der Waals surface area contributed by atoms with Gasteiger partial charge in [0.25, 0.3) is 12.3 Å². The van der Waals surface area contributed by atoms with Crippen LogP contribution in [0.2, 0.25) is 0 Å². The molecule has 0 aliphatic heterocycles. The summed E-state index contributed by atoms with van der Waals surface area (Å²) in [6, 6.07) is 0. The highest BCUT2D eigenvalue weighted by Gasteiger charge is 2.75. The number of fused-ring (bicyclic) bond motifs is 3. The minimum atomic E-state index is -3.32. The topological polar surface area (TPSA) is 55.1 Å². The Morgan fingerprint density at radius 2 is 2.21 bits per heavy atom. The van der Waals surface area contributed by atoms with Gasteiger partial charge >= 0.3 is 5.97 Å². The van der Waals surface area contributed by atoms with E-state index in [1.807, 2.05) is 0 Å². The summed E-state index contributed by atoms with van der Waals surface area (Å²) in [6.07, 6.45) is -2.85. The molecular formula is C11H10F4N2O2. The first kappa shape index (κ1) is 12.4. The monoisotopic (exact) mass is 278 g/mol. The third-order valence-electron chi connectivity index (χ3n) is 4.11. The van der Waals surface area contributed by atoms with Crippen LogP contribution in [-0.4, -0.2) is 20.9 Å². The third kappa shape index (κ3) is 1.34. The maximum atomic E-state index is 14.2. The lowest BCUT2D eigenvalue weighted by Gasteiger charge is -2.20. The van der Waals surface area contributed by atoms with Crippen molar-refractivity contribution in [3.63, 3.8) is 0 Å². The second kappa shape index (κ2) is 3.29. The molecule has 0 aromatic carbocycles. The Balaban J connectivity index is 2.20. The van der Waals surface area contributed by atoms with Crippen LogP contribution in [0.3, 0.4) is 0 Å². The Hall–Kier alpha value is -1.60. The van der Waals surface area contributed by atoms with Crippen molar-refractivity contribution in [2.75, 3.05) is 0 Å². The molecule has 1 N–H and O–H groups in total. The second-order valence-corrected chi connectivity index (χ2v) is 5.25. The number of carboxylic acid groups (broad SMARTS) is 1. The van der Waals surface area contributed by atoms with Crippen LogP contribution in [0.25, 0.3) is 0 Å². The molecule has 1 saturated carbocycles. The standard InChI is InChI=1S/C11H10F4N2O2/c1-10-2-4(10)6-7(9(12)13)16-17(3-5(18)19)8(6)11(10,14)15/h4,9H,2-3H2,1H3,(H,18,19)/t4-,10?/m0/s1. The van der Waals surface area contributed by atoms with Crippen molar-refractivity contribution in [2.45, 2.75) is 38.2 Å². The first-order chi connectivity index (χ1) is 8.70. The van der Waals surface area contributed by atoms with E-state index < -0.39 is 47.6 Å². The number of carbonyl (C=O) groups is 1. The van der Waals surface area contributed by atoms with E-state index >= 15 is 0 Å². The molecule has 0 bridgehead atoms. The van der Waals surface area contributed by atoms with Crippen molar-refractivity contribution < 1.29 is 27.5 Å². The molecule has 8 heteroatoms. The van der Waals surface area contributed by atoms with Crippen LogP contribution in [-0.2, 0) is 17.3 Å². The zero-order valence-electron chi connectivity index (χ0n) is 9.83. The van der Waals surface area contributed by atoms with Crippen LogP contribution in [0.5, 0.6) is 0 Å². The highest BCUT2D eigenvalue weighted by molar-refractivity contribution is 5.67. The fourth-order valence-corrected chi connectivity index (χ4v) is 2.98. The molecule has 4 nitrogen and oxygen atoms in total. The highest BCUT2D eigenvalue weighted by atomic mass is 19.3. The summed E-state index contributed by atoms with van der Waals surface area (Å²) in [7, 11) is 0. The Morgan fingerprint density at radius 1 is 1.58 bits per heavy atom. The fourth-order valence-electron chi connectivity index (χ4n) is 2.98. The number of aliphatic carboxylic acids is 1. The first-order valence-electron chi connectivity index (χ1n) is 5.69. The van der Waals surface area contributed by atoms with Gasteiger partial charge in [-0.1, -0.05) is 6.92 Å². The summed E-state index contributed by atoms with van der Waals surface area (Å²) in [5, 5.41) is 12.0. The molecule has 1 unspecified atom stereocenters. The van der Waals surface area contributed by atoms with E-state index in [1.165, 1.54) is 6.92 Å². The van der Waals surface area contributed by atoms with E-state index in [-0.39, 0.29) is 12.0 Å². The maximum absolute atomic E-state index is 14.2. The SMILES string of the molecule is CC12C[C@H]1c1c(C(F)F)nn(CC(=O)O)c1C2(F)F. The molecule has 1 aromatic heterocycles. The molecular weight excluding hydrogens is 268 g/mol. The van der Waals surface area contributed by atoms with Crippen molar-refractivity contribution in [2.24, 2.45) is 5.41 Å². The average molecular weight is 278 g/mol. The maximum Gasteiger partial charge on any atom is 0.325 e. The number of halogens is 4. The van der Waals surface area contributed by atoms with Crippen molar-refractivity contribution in [1.29, 1.82) is 0 Å². The fraction of sp³-hybridized carbons (Fsp3) is 0.636. The van der Waals surface area contributed by atoms with Crippen molar-refractivity contribution in [3.05, 3.63) is 17.0 Å². The third-order valence-corrected chi connectivity index (χ3v) is 4.11. The predicted octanol–water partition coefficient (Wildman–Crippen LogP) is 2.50. The smallest absolute Gasteiger partial charge is 0.325 e. The quantitative estimate of drug-likeness (QED) is 0.864. The molecule has 19 heavy (non-hydrogen) atoms. The molecule has 1 aromatic rings. The molecule has 0 radical (unpaired) electrons. The first-order valence-corrected chi connectivity index (χ1v) is 5.69. The lowest BCUT2D eigenvalue weighted by atomic mass is 10.0. The van der Waals surface area contributed by atoms with E-state index in [4.69, 9.17) is 5.11 Å². The van der Waals surface area contributed by atoms with Gasteiger partial charge in [-0.05, 0) is 6.42 Å². The largest absolute Gasteiger partial charge is 0.480 e. The van der Waals surface area contributed by atoms with Crippen LogP contribution >= 0.6 is 0 Å². The number of carboxylic acids is 1. The van der Waals surface area contributed by atoms with E-state index in [9.17, 15) is 22.4 Å². The highest BCUT2D eigenvalue weighted by Crippen LogP contribution is 2.76. The van der Waals surface area contributed by atoms with E-state index in [2.05, 4.69) is 5.10 Å². The molecule has 1 fully saturated rings. The summed E-state index contributed by atoms with van der Waals surface area (Å²) >= 11 is 0. The normalized spacial score (nSPS) is 30.3. The van der Waals surface area contributed by atoms with Gasteiger partial charge in [-0.2, -0.15) is 13.9 Å². The number of hydrogen-bond acceptors (Lipinski definition) is 2. The van der Waals surface area contributed by atoms with Gasteiger partial charge in [0.05, 0.1) is 0 Å². The van der Waals surface area contributed by atoms with Gasteiger partial charge in [-0.25, -0.2) is 8.78 Å². The number of aromatic nitrogens is 2. The summed E-state index contributed by atoms with van der Waals surface area (Å²) < 4.78 is 54.7. The summed E-state index contributed by atoms with van der Waals surface area (Å²) in [4.78, 5) is 10.6. The Labute approximate surface area is 105 Å².